The second-order valence-corrected chi connectivity index (χ2v) is 0.322. The van der Waals surface area contributed by atoms with E-state index in [0.29, 0.717) is 0 Å². The summed E-state index contributed by atoms with van der Waals surface area (Å²) >= 11 is 0. The van der Waals surface area contributed by atoms with Gasteiger partial charge in [0.15, 0.2) is 0 Å². The Balaban J connectivity index is -0.00000000450. The molecule has 6 heteroatoms. The number of hydrogen-bond donors (Lipinski definition) is 0. The average Bonchev–Trinajstić information content (AvgIpc) is 1.37. The van der Waals surface area contributed by atoms with Gasteiger partial charge in [0.25, 0.3) is 0 Å². The first-order chi connectivity index (χ1) is 1.91. The maximum atomic E-state index is 8.93. The maximum Gasteiger partial charge on any atom is 5.00 e. The van der Waals surface area contributed by atoms with Gasteiger partial charge in [-0.1, -0.05) is 0 Å². The molecule has 0 unspecified atom stereocenters. The average molecular weight is 364 g/mol. The maximum absolute atomic E-state index is 8.93. The van der Waals surface area contributed by atoms with E-state index in [9.17, 15) is 0 Å². The largest absolute Gasteiger partial charge is 5.00 e. The SMILES string of the molecule is C=C[C-]=O.[O-2].[O-2].[Ta+5].[Ti+4].[Ti+4]. The van der Waals surface area contributed by atoms with Gasteiger partial charge in [-0.3, -0.25) is 0 Å². The molecule has 0 aromatic heterocycles. The number of hydrogen-bond acceptors (Lipinski definition) is 1. The smallest absolute Gasteiger partial charge is 2.00 e. The van der Waals surface area contributed by atoms with Gasteiger partial charge in [-0.15, -0.1) is 0 Å². The molecular weight excluding hydrogens is 361 g/mol. The summed E-state index contributed by atoms with van der Waals surface area (Å²) in [5.41, 5.74) is 0. The van der Waals surface area contributed by atoms with E-state index in [4.69, 9.17) is 4.79 Å². The Labute approximate surface area is 99.5 Å². The topological polar surface area (TPSA) is 74.1 Å². The number of carbonyl (C=O) groups excluding carboxylic acids is 1. The minimum absolute atomic E-state index is 0. The van der Waals surface area contributed by atoms with Gasteiger partial charge in [0.05, 0.1) is 0 Å². The van der Waals surface area contributed by atoms with Crippen molar-refractivity contribution in [3.05, 3.63) is 12.7 Å². The van der Waals surface area contributed by atoms with Crippen molar-refractivity contribution in [3.8, 4) is 0 Å². The minimum Gasteiger partial charge on any atom is -2.00 e. The summed E-state index contributed by atoms with van der Waals surface area (Å²) < 4.78 is 0. The van der Waals surface area contributed by atoms with E-state index >= 15 is 0 Å². The molecule has 0 aromatic carbocycles. The third kappa shape index (κ3) is 85.5. The summed E-state index contributed by atoms with van der Waals surface area (Å²) in [4.78, 5) is 8.93. The van der Waals surface area contributed by atoms with Crippen molar-refractivity contribution in [2.24, 2.45) is 0 Å². The molecule has 0 N–H and O–H groups in total. The zero-order valence-electron chi connectivity index (χ0n) is 4.46. The zero-order chi connectivity index (χ0) is 3.41. The van der Waals surface area contributed by atoms with Gasteiger partial charge in [0.2, 0.25) is 0 Å². The van der Waals surface area contributed by atoms with Gasteiger partial charge in [-0.05, 0) is 6.29 Å². The van der Waals surface area contributed by atoms with Crippen molar-refractivity contribution >= 4 is 6.29 Å². The molecule has 0 fully saturated rings. The first kappa shape index (κ1) is 46.8. The molecule has 0 aromatic rings. The summed E-state index contributed by atoms with van der Waals surface area (Å²) in [5, 5.41) is 0. The third-order valence-corrected chi connectivity index (χ3v) is 0.0833. The van der Waals surface area contributed by atoms with Crippen molar-refractivity contribution in [1.82, 2.24) is 0 Å². The molecule has 38 valence electrons. The van der Waals surface area contributed by atoms with E-state index in [-0.39, 0.29) is 76.8 Å². The second kappa shape index (κ2) is 56.0. The molecule has 0 radical (unpaired) electrons. The summed E-state index contributed by atoms with van der Waals surface area (Å²) in [5.74, 6) is 0. The molecular formula is C3H3O3TaTi2+8. The van der Waals surface area contributed by atoms with Crippen molar-refractivity contribution in [3.63, 3.8) is 0 Å². The van der Waals surface area contributed by atoms with E-state index in [2.05, 4.69) is 6.58 Å². The van der Waals surface area contributed by atoms with Crippen LogP contribution in [0.4, 0.5) is 0 Å². The fourth-order valence-corrected chi connectivity index (χ4v) is 0. The number of rotatable bonds is 1. The standard InChI is InChI=1S/C3H3O.2O.Ta.2Ti/c1-2-3-4;;;;;/h2H,1H2;;;;;/q-1;2*-2;+5;2*+4. The molecule has 0 saturated carbocycles. The van der Waals surface area contributed by atoms with Crippen LogP contribution >= 0.6 is 0 Å². The minimum atomic E-state index is 0. The van der Waals surface area contributed by atoms with Gasteiger partial charge >= 0.3 is 65.8 Å². The second-order valence-electron chi connectivity index (χ2n) is 0.322. The van der Waals surface area contributed by atoms with Crippen LogP contribution in [0, 0.1) is 0 Å². The normalized spacial score (nSPS) is 2.22. The van der Waals surface area contributed by atoms with Crippen LogP contribution in [0.5, 0.6) is 0 Å². The Morgan fingerprint density at radius 1 is 1.22 bits per heavy atom. The fourth-order valence-electron chi connectivity index (χ4n) is 0. The predicted molar refractivity (Wildman–Crippen MR) is 17.3 cm³/mol. The first-order valence-electron chi connectivity index (χ1n) is 0.901. The molecule has 0 amide bonds. The molecule has 0 aliphatic rings. The predicted octanol–water partition coefficient (Wildman–Crippen LogP) is 0.0370. The Bertz CT molecular complexity index is 38.0. The molecule has 0 rings (SSSR count). The van der Waals surface area contributed by atoms with E-state index in [1.54, 1.807) is 0 Å². The molecule has 0 aliphatic carbocycles. The zero-order valence-corrected chi connectivity index (χ0v) is 10.8. The van der Waals surface area contributed by atoms with Crippen LogP contribution in [0.1, 0.15) is 0 Å². The molecule has 3 nitrogen and oxygen atoms in total. The van der Waals surface area contributed by atoms with E-state index < -0.39 is 0 Å². The molecule has 0 atom stereocenters. The molecule has 0 saturated heterocycles. The summed E-state index contributed by atoms with van der Waals surface area (Å²) in [6, 6.07) is 0. The molecule has 0 heterocycles. The van der Waals surface area contributed by atoms with Crippen LogP contribution in [0.3, 0.4) is 0 Å². The van der Waals surface area contributed by atoms with E-state index in [1.165, 1.54) is 6.29 Å². The summed E-state index contributed by atoms with van der Waals surface area (Å²) in [6.45, 7) is 3.06. The molecule has 0 aliphatic heterocycles. The molecule has 0 spiro atoms. The van der Waals surface area contributed by atoms with Crippen LogP contribution in [-0.4, -0.2) is 6.29 Å². The number of allylic oxidation sites excluding steroid dienone is 1. The van der Waals surface area contributed by atoms with Gasteiger partial charge in [-0.2, -0.15) is 0 Å². The van der Waals surface area contributed by atoms with Crippen molar-refractivity contribution in [1.29, 1.82) is 0 Å². The van der Waals surface area contributed by atoms with Gasteiger partial charge in [0.1, 0.15) is 0 Å². The Kier molecular flexibility index (Phi) is 291. The summed E-state index contributed by atoms with van der Waals surface area (Å²) in [6.07, 6.45) is 2.51. The van der Waals surface area contributed by atoms with Crippen molar-refractivity contribution in [2.45, 2.75) is 0 Å². The monoisotopic (exact) mass is 364 g/mol. The fraction of sp³-hybridized carbons (Fsp3) is 0. The van der Waals surface area contributed by atoms with Crippen molar-refractivity contribution in [2.75, 3.05) is 0 Å². The van der Waals surface area contributed by atoms with Gasteiger partial charge in [-0.25, -0.2) is 12.7 Å². The summed E-state index contributed by atoms with van der Waals surface area (Å²) in [7, 11) is 0. The van der Waals surface area contributed by atoms with E-state index in [1.807, 2.05) is 0 Å². The van der Waals surface area contributed by atoms with Gasteiger partial charge < -0.3 is 15.7 Å². The van der Waals surface area contributed by atoms with Crippen LogP contribution in [0.2, 0.25) is 0 Å². The van der Waals surface area contributed by atoms with Crippen LogP contribution < -0.4 is 0 Å². The van der Waals surface area contributed by atoms with Gasteiger partial charge in [0, 0.05) is 0 Å². The Morgan fingerprint density at radius 3 is 1.33 bits per heavy atom. The third-order valence-electron chi connectivity index (χ3n) is 0.0833. The first-order valence-corrected chi connectivity index (χ1v) is 0.901. The van der Waals surface area contributed by atoms with Crippen molar-refractivity contribution < 1.29 is 81.6 Å². The quantitative estimate of drug-likeness (QED) is 0.368. The Morgan fingerprint density at radius 2 is 1.33 bits per heavy atom. The van der Waals surface area contributed by atoms with E-state index in [0.717, 1.165) is 6.08 Å². The van der Waals surface area contributed by atoms with Crippen LogP contribution in [-0.2, 0) is 81.6 Å². The van der Waals surface area contributed by atoms with Crippen LogP contribution in [0.25, 0.3) is 0 Å². The van der Waals surface area contributed by atoms with Crippen LogP contribution in [0.15, 0.2) is 12.7 Å². The molecule has 0 bridgehead atoms. The molecule has 9 heavy (non-hydrogen) atoms. The Hall–Kier alpha value is 1.50.